The first-order chi connectivity index (χ1) is 6.49. The molecule has 0 amide bonds. The Kier molecular flexibility index (Phi) is 11.1. The van der Waals surface area contributed by atoms with Gasteiger partial charge in [0.05, 0.1) is 0 Å². The largest absolute Gasteiger partial charge is 0.0988 e. The van der Waals surface area contributed by atoms with E-state index in [4.69, 9.17) is 0 Å². The van der Waals surface area contributed by atoms with Crippen LogP contribution in [0.3, 0.4) is 0 Å². The molecular weight excluding hydrogens is 168 g/mol. The van der Waals surface area contributed by atoms with Crippen molar-refractivity contribution in [1.29, 1.82) is 0 Å². The minimum Gasteiger partial charge on any atom is -0.0988 e. The normalized spacial score (nSPS) is 11.5. The summed E-state index contributed by atoms with van der Waals surface area (Å²) in [5.41, 5.74) is 3.85. The molecule has 0 N–H and O–H groups in total. The molecule has 0 unspecified atom stereocenters. The smallest absolute Gasteiger partial charge is 0.0346 e. The van der Waals surface area contributed by atoms with Crippen LogP contribution in [0.5, 0.6) is 0 Å². The standard InChI is InChI=1S/C8H14.C6H10/c1-5-7(3)8(4)6-2;1-4-5-6(2)3/h5H,1,6H2,2-4H3;4-5H,2H2,1,3H3. The maximum atomic E-state index is 3.67. The van der Waals surface area contributed by atoms with Crippen molar-refractivity contribution in [1.82, 2.24) is 0 Å². The molecular formula is C14H24. The van der Waals surface area contributed by atoms with Gasteiger partial charge in [-0.15, -0.1) is 0 Å². The summed E-state index contributed by atoms with van der Waals surface area (Å²) in [7, 11) is 0. The molecule has 14 heavy (non-hydrogen) atoms. The minimum absolute atomic E-state index is 1.11. The van der Waals surface area contributed by atoms with E-state index in [1.807, 2.05) is 32.1 Å². The van der Waals surface area contributed by atoms with Crippen molar-refractivity contribution >= 4 is 0 Å². The van der Waals surface area contributed by atoms with E-state index in [1.165, 1.54) is 11.1 Å². The zero-order chi connectivity index (χ0) is 11.6. The maximum absolute atomic E-state index is 3.67. The molecule has 0 atom stereocenters. The summed E-state index contributed by atoms with van der Waals surface area (Å²) >= 11 is 0. The van der Waals surface area contributed by atoms with E-state index in [2.05, 4.69) is 33.9 Å². The Labute approximate surface area is 89.7 Å². The Hall–Kier alpha value is -1.04. The zero-order valence-electron chi connectivity index (χ0n) is 10.4. The number of rotatable bonds is 3. The van der Waals surface area contributed by atoms with E-state index in [9.17, 15) is 0 Å². The van der Waals surface area contributed by atoms with Gasteiger partial charge in [0.25, 0.3) is 0 Å². The molecule has 0 aliphatic carbocycles. The first-order valence-corrected chi connectivity index (χ1v) is 5.06. The van der Waals surface area contributed by atoms with Crippen LogP contribution in [-0.4, -0.2) is 0 Å². The molecule has 0 rings (SSSR count). The van der Waals surface area contributed by atoms with Gasteiger partial charge in [-0.3, -0.25) is 0 Å². The van der Waals surface area contributed by atoms with Crippen molar-refractivity contribution in [2.75, 3.05) is 0 Å². The second-order valence-electron chi connectivity index (χ2n) is 3.37. The lowest BCUT2D eigenvalue weighted by atomic mass is 10.1. The quantitative estimate of drug-likeness (QED) is 0.548. The van der Waals surface area contributed by atoms with Gasteiger partial charge in [-0.2, -0.15) is 0 Å². The molecule has 0 heterocycles. The summed E-state index contributed by atoms with van der Waals surface area (Å²) in [6.07, 6.45) is 6.99. The highest BCUT2D eigenvalue weighted by Crippen LogP contribution is 2.06. The van der Waals surface area contributed by atoms with Gasteiger partial charge < -0.3 is 0 Å². The number of hydrogen-bond acceptors (Lipinski definition) is 0. The van der Waals surface area contributed by atoms with Gasteiger partial charge in [0.2, 0.25) is 0 Å². The van der Waals surface area contributed by atoms with Gasteiger partial charge >= 0.3 is 0 Å². The predicted octanol–water partition coefficient (Wildman–Crippen LogP) is 5.06. The summed E-state index contributed by atoms with van der Waals surface area (Å²) in [5, 5.41) is 0. The molecule has 80 valence electrons. The van der Waals surface area contributed by atoms with Gasteiger partial charge in [0.1, 0.15) is 0 Å². The van der Waals surface area contributed by atoms with Crippen LogP contribution in [0, 0.1) is 0 Å². The highest BCUT2D eigenvalue weighted by molar-refractivity contribution is 5.19. The minimum atomic E-state index is 1.11. The van der Waals surface area contributed by atoms with E-state index in [0.29, 0.717) is 0 Å². The SMILES string of the molecule is C=C(C)C=CC.C=CC(C)=C(C)CC. The van der Waals surface area contributed by atoms with Crippen molar-refractivity contribution in [2.24, 2.45) is 0 Å². The third-order valence-corrected chi connectivity index (χ3v) is 1.96. The van der Waals surface area contributed by atoms with Crippen molar-refractivity contribution in [3.05, 3.63) is 48.1 Å². The molecule has 0 saturated heterocycles. The van der Waals surface area contributed by atoms with Crippen LogP contribution in [0.15, 0.2) is 48.1 Å². The lowest BCUT2D eigenvalue weighted by Crippen LogP contribution is -1.75. The Balaban J connectivity index is 0. The van der Waals surface area contributed by atoms with Crippen LogP contribution in [0.1, 0.15) is 41.0 Å². The molecule has 0 nitrogen and oxygen atoms in total. The fourth-order valence-corrected chi connectivity index (χ4v) is 0.738. The molecule has 0 aromatic carbocycles. The molecule has 0 aliphatic rings. The van der Waals surface area contributed by atoms with Crippen molar-refractivity contribution < 1.29 is 0 Å². The first-order valence-electron chi connectivity index (χ1n) is 5.06. The van der Waals surface area contributed by atoms with E-state index < -0.39 is 0 Å². The van der Waals surface area contributed by atoms with E-state index in [1.54, 1.807) is 0 Å². The monoisotopic (exact) mass is 192 g/mol. The summed E-state index contributed by atoms with van der Waals surface area (Å²) < 4.78 is 0. The van der Waals surface area contributed by atoms with Crippen LogP contribution in [-0.2, 0) is 0 Å². The highest BCUT2D eigenvalue weighted by Gasteiger charge is 1.85. The van der Waals surface area contributed by atoms with Crippen molar-refractivity contribution in [3.63, 3.8) is 0 Å². The summed E-state index contributed by atoms with van der Waals surface area (Å²) in [6, 6.07) is 0. The summed E-state index contributed by atoms with van der Waals surface area (Å²) in [6.45, 7) is 17.7. The first kappa shape index (κ1) is 15.4. The fraction of sp³-hybridized carbons (Fsp3) is 0.429. The fourth-order valence-electron chi connectivity index (χ4n) is 0.738. The third kappa shape index (κ3) is 11.0. The molecule has 0 fully saturated rings. The number of hydrogen-bond donors (Lipinski definition) is 0. The van der Waals surface area contributed by atoms with Crippen LogP contribution >= 0.6 is 0 Å². The van der Waals surface area contributed by atoms with Crippen LogP contribution < -0.4 is 0 Å². The second kappa shape index (κ2) is 10.0. The molecule has 0 aliphatic heterocycles. The molecule has 0 bridgehead atoms. The molecule has 0 spiro atoms. The summed E-state index contributed by atoms with van der Waals surface area (Å²) in [5.74, 6) is 0. The Morgan fingerprint density at radius 2 is 1.71 bits per heavy atom. The van der Waals surface area contributed by atoms with Crippen molar-refractivity contribution in [3.8, 4) is 0 Å². The highest BCUT2D eigenvalue weighted by atomic mass is 13.9. The molecule has 0 saturated carbocycles. The van der Waals surface area contributed by atoms with Gasteiger partial charge in [-0.1, -0.05) is 55.0 Å². The lowest BCUT2D eigenvalue weighted by Gasteiger charge is -1.96. The molecule has 0 aromatic heterocycles. The zero-order valence-corrected chi connectivity index (χ0v) is 10.4. The molecule has 0 heteroatoms. The predicted molar refractivity (Wildman–Crippen MR) is 68.5 cm³/mol. The van der Waals surface area contributed by atoms with E-state index in [0.717, 1.165) is 12.0 Å². The topological polar surface area (TPSA) is 0 Å². The number of allylic oxidation sites excluding steroid dienone is 6. The molecule has 0 aromatic rings. The second-order valence-corrected chi connectivity index (χ2v) is 3.37. The van der Waals surface area contributed by atoms with Gasteiger partial charge in [-0.25, -0.2) is 0 Å². The maximum Gasteiger partial charge on any atom is -0.0346 e. The lowest BCUT2D eigenvalue weighted by molar-refractivity contribution is 1.07. The average molecular weight is 192 g/mol. The van der Waals surface area contributed by atoms with Crippen LogP contribution in [0.2, 0.25) is 0 Å². The Morgan fingerprint density at radius 1 is 1.21 bits per heavy atom. The van der Waals surface area contributed by atoms with Gasteiger partial charge in [0, 0.05) is 0 Å². The van der Waals surface area contributed by atoms with E-state index in [-0.39, 0.29) is 0 Å². The van der Waals surface area contributed by atoms with Gasteiger partial charge in [0.15, 0.2) is 0 Å². The Morgan fingerprint density at radius 3 is 1.79 bits per heavy atom. The third-order valence-electron chi connectivity index (χ3n) is 1.96. The molecule has 0 radical (unpaired) electrons. The summed E-state index contributed by atoms with van der Waals surface area (Å²) in [4.78, 5) is 0. The van der Waals surface area contributed by atoms with E-state index >= 15 is 0 Å². The average Bonchev–Trinajstić information content (AvgIpc) is 2.16. The van der Waals surface area contributed by atoms with Crippen molar-refractivity contribution in [2.45, 2.75) is 41.0 Å². The van der Waals surface area contributed by atoms with Gasteiger partial charge in [-0.05, 0) is 34.1 Å². The Bertz CT molecular complexity index is 226. The van der Waals surface area contributed by atoms with Crippen LogP contribution in [0.25, 0.3) is 0 Å². The van der Waals surface area contributed by atoms with Crippen LogP contribution in [0.4, 0.5) is 0 Å².